The normalized spacial score (nSPS) is 16.5. The molecule has 2 aromatic rings. The zero-order chi connectivity index (χ0) is 13.1. The summed E-state index contributed by atoms with van der Waals surface area (Å²) in [6.07, 6.45) is 5.77. The van der Waals surface area contributed by atoms with E-state index in [-0.39, 0.29) is 0 Å². The Kier molecular flexibility index (Phi) is 3.95. The number of benzene rings is 1. The van der Waals surface area contributed by atoms with Crippen LogP contribution in [0.1, 0.15) is 41.3 Å². The smallest absolute Gasteiger partial charge is 0.0925 e. The van der Waals surface area contributed by atoms with Crippen molar-refractivity contribution >= 4 is 11.3 Å². The Morgan fingerprint density at radius 1 is 1.32 bits per heavy atom. The predicted octanol–water partition coefficient (Wildman–Crippen LogP) is 3.95. The van der Waals surface area contributed by atoms with E-state index in [1.54, 1.807) is 0 Å². The van der Waals surface area contributed by atoms with Gasteiger partial charge in [0.25, 0.3) is 0 Å². The maximum absolute atomic E-state index is 4.42. The van der Waals surface area contributed by atoms with Gasteiger partial charge in [-0.2, -0.15) is 0 Å². The van der Waals surface area contributed by atoms with Crippen LogP contribution in [0.5, 0.6) is 0 Å². The van der Waals surface area contributed by atoms with Crippen molar-refractivity contribution in [1.29, 1.82) is 0 Å². The third-order valence-electron chi connectivity index (χ3n) is 3.65. The van der Waals surface area contributed by atoms with Gasteiger partial charge in [0.2, 0.25) is 0 Å². The molecule has 1 aliphatic rings. The largest absolute Gasteiger partial charge is 0.305 e. The van der Waals surface area contributed by atoms with Gasteiger partial charge in [0.05, 0.1) is 5.01 Å². The highest BCUT2D eigenvalue weighted by atomic mass is 32.1. The number of hydrogen-bond donors (Lipinski definition) is 1. The summed E-state index contributed by atoms with van der Waals surface area (Å²) in [5, 5.41) is 4.96. The molecule has 1 N–H and O–H groups in total. The fourth-order valence-electron chi connectivity index (χ4n) is 2.45. The molecular formula is C16H20N2S. The Bertz CT molecular complexity index is 517. The third-order valence-corrected chi connectivity index (χ3v) is 4.79. The second-order valence-electron chi connectivity index (χ2n) is 5.18. The highest BCUT2D eigenvalue weighted by molar-refractivity contribution is 7.11. The van der Waals surface area contributed by atoms with Gasteiger partial charge in [-0.3, -0.25) is 0 Å². The first-order valence-electron chi connectivity index (χ1n) is 7.08. The molecule has 0 amide bonds. The van der Waals surface area contributed by atoms with E-state index in [0.29, 0.717) is 6.04 Å². The van der Waals surface area contributed by atoms with Gasteiger partial charge in [0.15, 0.2) is 0 Å². The van der Waals surface area contributed by atoms with Crippen LogP contribution < -0.4 is 5.32 Å². The fourth-order valence-corrected chi connectivity index (χ4v) is 3.26. The second-order valence-corrected chi connectivity index (χ2v) is 6.38. The van der Waals surface area contributed by atoms with Gasteiger partial charge >= 0.3 is 0 Å². The number of hydrogen-bond acceptors (Lipinski definition) is 3. The number of nitrogens with one attached hydrogen (secondary N) is 1. The molecule has 3 heteroatoms. The topological polar surface area (TPSA) is 24.9 Å². The lowest BCUT2D eigenvalue weighted by Gasteiger charge is -2.18. The minimum absolute atomic E-state index is 0.508. The molecule has 0 saturated heterocycles. The van der Waals surface area contributed by atoms with E-state index in [1.165, 1.54) is 28.3 Å². The maximum atomic E-state index is 4.42. The molecule has 1 atom stereocenters. The lowest BCUT2D eigenvalue weighted by molar-refractivity contribution is 0.482. The lowest BCUT2D eigenvalue weighted by atomic mass is 10.0. The average Bonchev–Trinajstić information content (AvgIpc) is 3.18. The molecule has 0 aliphatic heterocycles. The van der Waals surface area contributed by atoms with Crippen LogP contribution in [0.4, 0.5) is 0 Å². The van der Waals surface area contributed by atoms with Gasteiger partial charge < -0.3 is 5.32 Å². The zero-order valence-corrected chi connectivity index (χ0v) is 12.1. The Balaban J connectivity index is 1.65. The summed E-state index contributed by atoms with van der Waals surface area (Å²) in [4.78, 5) is 5.77. The van der Waals surface area contributed by atoms with E-state index >= 15 is 0 Å². The molecular weight excluding hydrogens is 252 g/mol. The summed E-state index contributed by atoms with van der Waals surface area (Å²) < 4.78 is 0. The van der Waals surface area contributed by atoms with E-state index < -0.39 is 0 Å². The second kappa shape index (κ2) is 5.85. The number of thiazole rings is 1. The number of nitrogens with zero attached hydrogens (tertiary/aromatic N) is 1. The number of aryl methyl sites for hydroxylation is 1. The van der Waals surface area contributed by atoms with Crippen LogP contribution in [0, 0.1) is 5.92 Å². The highest BCUT2D eigenvalue weighted by Gasteiger charge is 2.31. The van der Waals surface area contributed by atoms with Crippen molar-refractivity contribution in [2.75, 3.05) is 0 Å². The summed E-state index contributed by atoms with van der Waals surface area (Å²) in [7, 11) is 0. The first-order valence-corrected chi connectivity index (χ1v) is 7.90. The summed E-state index contributed by atoms with van der Waals surface area (Å²) in [6, 6.07) is 11.3. The molecule has 0 bridgehead atoms. The van der Waals surface area contributed by atoms with Gasteiger partial charge in [0, 0.05) is 23.7 Å². The van der Waals surface area contributed by atoms with Crippen molar-refractivity contribution in [3.05, 3.63) is 52.0 Å². The summed E-state index contributed by atoms with van der Waals surface area (Å²) in [5.41, 5.74) is 1.42. The van der Waals surface area contributed by atoms with E-state index in [2.05, 4.69) is 47.6 Å². The SMILES string of the molecule is CCc1ncc(CNC(c2ccccc2)C2CC2)s1. The summed E-state index contributed by atoms with van der Waals surface area (Å²) in [5.74, 6) is 0.820. The first-order chi connectivity index (χ1) is 9.36. The molecule has 1 unspecified atom stereocenters. The minimum atomic E-state index is 0.508. The van der Waals surface area contributed by atoms with E-state index in [0.717, 1.165) is 18.9 Å². The highest BCUT2D eigenvalue weighted by Crippen LogP contribution is 2.41. The molecule has 1 aromatic carbocycles. The van der Waals surface area contributed by atoms with Crippen LogP contribution in [0.3, 0.4) is 0 Å². The molecule has 1 saturated carbocycles. The van der Waals surface area contributed by atoms with E-state index in [4.69, 9.17) is 0 Å². The Labute approximate surface area is 118 Å². The lowest BCUT2D eigenvalue weighted by Crippen LogP contribution is -2.22. The van der Waals surface area contributed by atoms with Gasteiger partial charge in [-0.05, 0) is 30.7 Å². The van der Waals surface area contributed by atoms with Crippen molar-refractivity contribution in [2.24, 2.45) is 5.92 Å². The molecule has 1 aliphatic carbocycles. The molecule has 0 spiro atoms. The number of rotatable bonds is 6. The fraction of sp³-hybridized carbons (Fsp3) is 0.438. The van der Waals surface area contributed by atoms with Crippen LogP contribution in [0.15, 0.2) is 36.5 Å². The Hall–Kier alpha value is -1.19. The molecule has 100 valence electrons. The van der Waals surface area contributed by atoms with Crippen molar-refractivity contribution < 1.29 is 0 Å². The van der Waals surface area contributed by atoms with Crippen LogP contribution in [-0.2, 0) is 13.0 Å². The molecule has 2 nitrogen and oxygen atoms in total. The van der Waals surface area contributed by atoms with Gasteiger partial charge in [-0.15, -0.1) is 11.3 Å². The molecule has 1 aromatic heterocycles. The third kappa shape index (κ3) is 3.23. The van der Waals surface area contributed by atoms with Crippen LogP contribution in [0.25, 0.3) is 0 Å². The zero-order valence-electron chi connectivity index (χ0n) is 11.3. The van der Waals surface area contributed by atoms with E-state index in [9.17, 15) is 0 Å². The molecule has 0 radical (unpaired) electrons. The molecule has 19 heavy (non-hydrogen) atoms. The minimum Gasteiger partial charge on any atom is -0.305 e. The standard InChI is InChI=1S/C16H20N2S/c1-2-15-17-10-14(19-15)11-18-16(13-8-9-13)12-6-4-3-5-7-12/h3-7,10,13,16,18H,2,8-9,11H2,1H3. The average molecular weight is 272 g/mol. The first kappa shape index (κ1) is 12.8. The van der Waals surface area contributed by atoms with Crippen LogP contribution >= 0.6 is 11.3 Å². The molecule has 3 rings (SSSR count). The van der Waals surface area contributed by atoms with Gasteiger partial charge in [-0.25, -0.2) is 4.98 Å². The van der Waals surface area contributed by atoms with Crippen LogP contribution in [-0.4, -0.2) is 4.98 Å². The van der Waals surface area contributed by atoms with Crippen molar-refractivity contribution in [1.82, 2.24) is 10.3 Å². The monoisotopic (exact) mass is 272 g/mol. The van der Waals surface area contributed by atoms with Gasteiger partial charge in [-0.1, -0.05) is 37.3 Å². The summed E-state index contributed by atoms with van der Waals surface area (Å²) in [6.45, 7) is 3.10. The summed E-state index contributed by atoms with van der Waals surface area (Å²) >= 11 is 1.83. The molecule has 1 heterocycles. The van der Waals surface area contributed by atoms with Crippen molar-refractivity contribution in [3.63, 3.8) is 0 Å². The quantitative estimate of drug-likeness (QED) is 0.861. The van der Waals surface area contributed by atoms with Crippen molar-refractivity contribution in [2.45, 2.75) is 38.8 Å². The van der Waals surface area contributed by atoms with Gasteiger partial charge in [0.1, 0.15) is 0 Å². The van der Waals surface area contributed by atoms with Crippen molar-refractivity contribution in [3.8, 4) is 0 Å². The van der Waals surface area contributed by atoms with Crippen LogP contribution in [0.2, 0.25) is 0 Å². The molecule has 1 fully saturated rings. The number of aromatic nitrogens is 1. The Morgan fingerprint density at radius 2 is 2.11 bits per heavy atom. The van der Waals surface area contributed by atoms with E-state index in [1.807, 2.05) is 17.5 Å². The maximum Gasteiger partial charge on any atom is 0.0925 e. The predicted molar refractivity (Wildman–Crippen MR) is 80.2 cm³/mol. The Morgan fingerprint density at radius 3 is 2.74 bits per heavy atom.